The second kappa shape index (κ2) is 5.00. The van der Waals surface area contributed by atoms with E-state index in [1.807, 2.05) is 0 Å². The molecule has 0 amide bonds. The van der Waals surface area contributed by atoms with Crippen LogP contribution in [-0.2, 0) is 14.6 Å². The predicted octanol–water partition coefficient (Wildman–Crippen LogP) is 2.05. The minimum absolute atomic E-state index is 0.00513. The summed E-state index contributed by atoms with van der Waals surface area (Å²) in [5, 5.41) is 15.2. The number of sulfone groups is 1. The van der Waals surface area contributed by atoms with Crippen molar-refractivity contribution in [1.29, 1.82) is 0 Å². The van der Waals surface area contributed by atoms with E-state index in [2.05, 4.69) is 10.2 Å². The van der Waals surface area contributed by atoms with Crippen molar-refractivity contribution in [3.63, 3.8) is 0 Å². The van der Waals surface area contributed by atoms with Gasteiger partial charge in [0.15, 0.2) is 9.84 Å². The Balaban J connectivity index is 2.37. The highest BCUT2D eigenvalue weighted by Gasteiger charge is 2.32. The summed E-state index contributed by atoms with van der Waals surface area (Å²) < 4.78 is 22.6. The van der Waals surface area contributed by atoms with Crippen LogP contribution < -0.4 is 0 Å². The normalized spacial score (nSPS) is 12.3. The maximum absolute atomic E-state index is 11.8. The first-order valence-electron chi connectivity index (χ1n) is 6.22. The van der Waals surface area contributed by atoms with Crippen LogP contribution in [0.2, 0.25) is 0 Å². The smallest absolute Gasteiger partial charge is 0.353 e. The van der Waals surface area contributed by atoms with Gasteiger partial charge in [-0.15, -0.1) is 0 Å². The molecule has 1 heterocycles. The van der Waals surface area contributed by atoms with Crippen LogP contribution in [0.5, 0.6) is 0 Å². The number of aromatic nitrogens is 2. The van der Waals surface area contributed by atoms with Gasteiger partial charge in [-0.3, -0.25) is 5.10 Å². The van der Waals surface area contributed by atoms with Crippen LogP contribution >= 0.6 is 0 Å². The van der Waals surface area contributed by atoms with Crippen molar-refractivity contribution in [3.05, 3.63) is 41.6 Å². The zero-order valence-electron chi connectivity index (χ0n) is 11.9. The van der Waals surface area contributed by atoms with Gasteiger partial charge in [0.1, 0.15) is 5.69 Å². The Kier molecular flexibility index (Phi) is 3.63. The highest BCUT2D eigenvalue weighted by Crippen LogP contribution is 2.30. The fourth-order valence-electron chi connectivity index (χ4n) is 1.84. The number of carboxylic acids is 1. The van der Waals surface area contributed by atoms with Gasteiger partial charge in [-0.05, 0) is 25.5 Å². The van der Waals surface area contributed by atoms with Crippen LogP contribution in [0.25, 0.3) is 11.3 Å². The number of rotatable bonds is 4. The third-order valence-electron chi connectivity index (χ3n) is 3.61. The molecule has 0 aliphatic carbocycles. The Hall–Kier alpha value is -2.15. The van der Waals surface area contributed by atoms with Crippen LogP contribution in [0.1, 0.15) is 29.9 Å². The Morgan fingerprint density at radius 3 is 2.24 bits per heavy atom. The largest absolute Gasteiger partial charge is 0.477 e. The van der Waals surface area contributed by atoms with Crippen LogP contribution in [0.4, 0.5) is 0 Å². The summed E-state index contributed by atoms with van der Waals surface area (Å²) in [6, 6.07) is 8.31. The van der Waals surface area contributed by atoms with Crippen molar-refractivity contribution in [2.24, 2.45) is 0 Å². The number of nitrogens with one attached hydrogen (secondary N) is 1. The van der Waals surface area contributed by atoms with E-state index in [1.54, 1.807) is 38.1 Å². The zero-order valence-corrected chi connectivity index (χ0v) is 12.7. The third-order valence-corrected chi connectivity index (χ3v) is 5.70. The molecule has 0 bridgehead atoms. The lowest BCUT2D eigenvalue weighted by molar-refractivity contribution is 0.0690. The highest BCUT2D eigenvalue weighted by molar-refractivity contribution is 7.91. The molecule has 2 N–H and O–H groups in total. The minimum atomic E-state index is -3.24. The summed E-state index contributed by atoms with van der Waals surface area (Å²) in [5.41, 5.74) is 1.89. The van der Waals surface area contributed by atoms with Gasteiger partial charge in [0.05, 0.1) is 10.4 Å². The van der Waals surface area contributed by atoms with Crippen LogP contribution in [0.15, 0.2) is 30.3 Å². The predicted molar refractivity (Wildman–Crippen MR) is 78.9 cm³/mol. The summed E-state index contributed by atoms with van der Waals surface area (Å²) in [6.07, 6.45) is 1.20. The number of nitrogens with zero attached hydrogens (tertiary/aromatic N) is 1. The lowest BCUT2D eigenvalue weighted by atomic mass is 10.00. The summed E-state index contributed by atoms with van der Waals surface area (Å²) >= 11 is 0. The fourth-order valence-corrected chi connectivity index (χ4v) is 2.40. The molecule has 21 heavy (non-hydrogen) atoms. The van der Waals surface area contributed by atoms with E-state index in [9.17, 15) is 13.2 Å². The van der Waals surface area contributed by atoms with E-state index in [0.717, 1.165) is 0 Å². The van der Waals surface area contributed by atoms with E-state index in [1.165, 1.54) is 12.3 Å². The second-order valence-electron chi connectivity index (χ2n) is 5.33. The molecule has 0 atom stereocenters. The van der Waals surface area contributed by atoms with Crippen LogP contribution in [0, 0.1) is 0 Å². The lowest BCUT2D eigenvalue weighted by Gasteiger charge is -2.23. The Labute approximate surface area is 122 Å². The molecule has 0 radical (unpaired) electrons. The van der Waals surface area contributed by atoms with Gasteiger partial charge >= 0.3 is 5.97 Å². The SMILES string of the molecule is CC(C)(c1ccc(-c2cc(C(=O)O)[nH]n2)cc1)S(C)(=O)=O. The van der Waals surface area contributed by atoms with E-state index in [-0.39, 0.29) is 5.69 Å². The standard InChI is InChI=1S/C14H16N2O4S/c1-14(2,21(3,19)20)10-6-4-9(5-7-10)11-8-12(13(17)18)16-15-11/h4-8H,1-3H3,(H,15,16)(H,17,18). The first-order valence-corrected chi connectivity index (χ1v) is 8.11. The van der Waals surface area contributed by atoms with Crippen molar-refractivity contribution in [2.45, 2.75) is 18.6 Å². The maximum Gasteiger partial charge on any atom is 0.353 e. The second-order valence-corrected chi connectivity index (χ2v) is 7.90. The molecule has 2 rings (SSSR count). The molecule has 2 aromatic rings. The summed E-state index contributed by atoms with van der Waals surface area (Å²) in [4.78, 5) is 10.8. The number of hydrogen-bond donors (Lipinski definition) is 2. The number of benzene rings is 1. The van der Waals surface area contributed by atoms with Crippen molar-refractivity contribution in [1.82, 2.24) is 10.2 Å². The fraction of sp³-hybridized carbons (Fsp3) is 0.286. The molecule has 1 aromatic carbocycles. The molecule has 7 heteroatoms. The Morgan fingerprint density at radius 2 is 1.81 bits per heavy atom. The number of carboxylic acid groups (broad SMARTS) is 1. The molecule has 0 unspecified atom stereocenters. The summed E-state index contributed by atoms with van der Waals surface area (Å²) in [6.45, 7) is 3.29. The first kappa shape index (κ1) is 15.2. The quantitative estimate of drug-likeness (QED) is 0.900. The van der Waals surface area contributed by atoms with Crippen molar-refractivity contribution < 1.29 is 18.3 Å². The van der Waals surface area contributed by atoms with Gasteiger partial charge in [0.2, 0.25) is 0 Å². The third kappa shape index (κ3) is 2.82. The monoisotopic (exact) mass is 308 g/mol. The van der Waals surface area contributed by atoms with Gasteiger partial charge in [-0.25, -0.2) is 13.2 Å². The molecule has 0 spiro atoms. The molecule has 6 nitrogen and oxygen atoms in total. The Bertz CT molecular complexity index is 774. The Morgan fingerprint density at radius 1 is 1.24 bits per heavy atom. The molecule has 0 saturated heterocycles. The number of H-pyrrole nitrogens is 1. The maximum atomic E-state index is 11.8. The van der Waals surface area contributed by atoms with E-state index in [0.29, 0.717) is 16.8 Å². The van der Waals surface area contributed by atoms with Gasteiger partial charge in [-0.2, -0.15) is 5.10 Å². The zero-order chi connectivity index (χ0) is 15.8. The molecule has 0 saturated carbocycles. The molecule has 112 valence electrons. The van der Waals surface area contributed by atoms with Gasteiger partial charge in [-0.1, -0.05) is 24.3 Å². The van der Waals surface area contributed by atoms with E-state index in [4.69, 9.17) is 5.11 Å². The summed E-state index contributed by atoms with van der Waals surface area (Å²) in [7, 11) is -3.24. The first-order chi connectivity index (χ1) is 9.63. The van der Waals surface area contributed by atoms with E-state index < -0.39 is 20.6 Å². The molecular formula is C14H16N2O4S. The molecule has 1 aromatic heterocycles. The number of hydrogen-bond acceptors (Lipinski definition) is 4. The highest BCUT2D eigenvalue weighted by atomic mass is 32.2. The average Bonchev–Trinajstić information content (AvgIpc) is 2.87. The summed E-state index contributed by atoms with van der Waals surface area (Å²) in [5.74, 6) is -1.08. The molecule has 0 fully saturated rings. The van der Waals surface area contributed by atoms with Crippen LogP contribution in [0.3, 0.4) is 0 Å². The molecule has 0 aliphatic rings. The van der Waals surface area contributed by atoms with Crippen molar-refractivity contribution in [3.8, 4) is 11.3 Å². The van der Waals surface area contributed by atoms with Crippen molar-refractivity contribution >= 4 is 15.8 Å². The van der Waals surface area contributed by atoms with E-state index >= 15 is 0 Å². The minimum Gasteiger partial charge on any atom is -0.477 e. The van der Waals surface area contributed by atoms with Gasteiger partial charge in [0.25, 0.3) is 0 Å². The lowest BCUT2D eigenvalue weighted by Crippen LogP contribution is -2.27. The number of carbonyl (C=O) groups is 1. The molecular weight excluding hydrogens is 292 g/mol. The van der Waals surface area contributed by atoms with Gasteiger partial charge in [0, 0.05) is 11.8 Å². The van der Waals surface area contributed by atoms with Gasteiger partial charge < -0.3 is 5.11 Å². The number of aromatic amines is 1. The molecule has 0 aliphatic heterocycles. The van der Waals surface area contributed by atoms with Crippen LogP contribution in [-0.4, -0.2) is 35.9 Å². The van der Waals surface area contributed by atoms with Crippen molar-refractivity contribution in [2.75, 3.05) is 6.26 Å². The average molecular weight is 308 g/mol. The number of aromatic carboxylic acids is 1. The topological polar surface area (TPSA) is 100 Å².